The van der Waals surface area contributed by atoms with Crippen LogP contribution in [0.15, 0.2) is 22.7 Å². The molecule has 2 aliphatic heterocycles. The number of thioether (sulfide) groups is 1. The van der Waals surface area contributed by atoms with E-state index in [-0.39, 0.29) is 57.2 Å². The van der Waals surface area contributed by atoms with E-state index in [2.05, 4.69) is 10.5 Å². The van der Waals surface area contributed by atoms with Gasteiger partial charge in [0, 0.05) is 4.75 Å². The fourth-order valence-corrected chi connectivity index (χ4v) is 5.75. The Bertz CT molecular complexity index is 1070. The number of carbonyl (C=O) groups is 3. The van der Waals surface area contributed by atoms with Gasteiger partial charge in [-0.2, -0.15) is 0 Å². The summed E-state index contributed by atoms with van der Waals surface area (Å²) in [5.74, 6) is -3.13. The molecule has 2 unspecified atom stereocenters. The Labute approximate surface area is 208 Å². The maximum Gasteiger partial charge on any atom is 1.00 e. The van der Waals surface area contributed by atoms with Crippen LogP contribution in [0.2, 0.25) is 5.02 Å². The minimum Gasteiger partial charge on any atom is -0.548 e. The molecule has 2 amide bonds. The SMILES string of the molecule is Cc1onc(-c2c(F)cccc2Cl)c1C(=O)NC1C(=O)N2C(C(=O)[O-])C(C)(C)S[C@H]12.[Na+]. The molecule has 1 aromatic heterocycles. The fraction of sp³-hybridized carbons (Fsp3) is 0.368. The summed E-state index contributed by atoms with van der Waals surface area (Å²) in [6.07, 6.45) is 0. The summed E-state index contributed by atoms with van der Waals surface area (Å²) in [6, 6.07) is 2.01. The summed E-state index contributed by atoms with van der Waals surface area (Å²) in [7, 11) is 0. The van der Waals surface area contributed by atoms with Crippen molar-refractivity contribution in [1.29, 1.82) is 0 Å². The maximum atomic E-state index is 14.3. The second kappa shape index (κ2) is 8.40. The third-order valence-corrected chi connectivity index (χ3v) is 7.13. The number of carboxylic acids is 1. The molecule has 31 heavy (non-hydrogen) atoms. The maximum absolute atomic E-state index is 14.3. The van der Waals surface area contributed by atoms with Crippen molar-refractivity contribution in [2.75, 3.05) is 0 Å². The molecule has 0 radical (unpaired) electrons. The van der Waals surface area contributed by atoms with Gasteiger partial charge in [0.2, 0.25) is 5.91 Å². The van der Waals surface area contributed by atoms with Gasteiger partial charge in [0.25, 0.3) is 5.91 Å². The molecule has 3 heterocycles. The van der Waals surface area contributed by atoms with Gasteiger partial charge < -0.3 is 24.6 Å². The molecule has 0 saturated carbocycles. The van der Waals surface area contributed by atoms with Gasteiger partial charge >= 0.3 is 29.6 Å². The number of aromatic nitrogens is 1. The molecule has 0 bridgehead atoms. The number of β-lactam (4-membered cyclic amide) rings is 1. The van der Waals surface area contributed by atoms with Crippen molar-refractivity contribution in [3.8, 4) is 11.3 Å². The van der Waals surface area contributed by atoms with Crippen LogP contribution < -0.4 is 40.0 Å². The number of benzene rings is 1. The number of aliphatic carboxylic acids is 1. The Morgan fingerprint density at radius 3 is 2.68 bits per heavy atom. The van der Waals surface area contributed by atoms with Gasteiger partial charge in [-0.15, -0.1) is 11.8 Å². The van der Waals surface area contributed by atoms with Crippen LogP contribution in [-0.4, -0.2) is 50.0 Å². The van der Waals surface area contributed by atoms with Crippen LogP contribution in [0.1, 0.15) is 30.0 Å². The molecule has 1 aromatic carbocycles. The number of amides is 2. The zero-order valence-electron chi connectivity index (χ0n) is 17.1. The van der Waals surface area contributed by atoms with E-state index in [1.54, 1.807) is 13.8 Å². The Kier molecular flexibility index (Phi) is 6.52. The van der Waals surface area contributed by atoms with E-state index in [0.717, 1.165) is 0 Å². The Hall–Kier alpha value is -1.59. The van der Waals surface area contributed by atoms with Crippen LogP contribution in [0.3, 0.4) is 0 Å². The van der Waals surface area contributed by atoms with Gasteiger partial charge in [0.1, 0.15) is 34.3 Å². The Morgan fingerprint density at radius 2 is 2.06 bits per heavy atom. The molecule has 3 atom stereocenters. The van der Waals surface area contributed by atoms with Crippen molar-refractivity contribution >= 4 is 41.1 Å². The molecule has 2 fully saturated rings. The quantitative estimate of drug-likeness (QED) is 0.416. The van der Waals surface area contributed by atoms with Crippen LogP contribution in [0.5, 0.6) is 0 Å². The summed E-state index contributed by atoms with van der Waals surface area (Å²) < 4.78 is 18.7. The fourth-order valence-electron chi connectivity index (χ4n) is 3.87. The number of carboxylic acid groups (broad SMARTS) is 1. The third kappa shape index (κ3) is 3.78. The van der Waals surface area contributed by atoms with Crippen molar-refractivity contribution in [3.63, 3.8) is 0 Å². The summed E-state index contributed by atoms with van der Waals surface area (Å²) in [6.45, 7) is 4.88. The molecule has 12 heteroatoms. The zero-order valence-corrected chi connectivity index (χ0v) is 20.6. The Morgan fingerprint density at radius 1 is 1.39 bits per heavy atom. The van der Waals surface area contributed by atoms with Crippen LogP contribution in [0.4, 0.5) is 4.39 Å². The summed E-state index contributed by atoms with van der Waals surface area (Å²) >= 11 is 7.35. The Balaban J connectivity index is 0.00000272. The first kappa shape index (κ1) is 24.1. The molecule has 1 N–H and O–H groups in total. The molecule has 2 aliphatic rings. The van der Waals surface area contributed by atoms with E-state index in [0.29, 0.717) is 0 Å². The standard InChI is InChI=1S/C19H17ClFN3O5S.Na/c1-7-10(12(23-29-7)11-8(20)5-4-6-9(11)21)15(25)22-13-16(26)24-14(18(27)28)19(2,3)30-17(13)24;/h4-6,13-14,17H,1-3H3,(H,22,25)(H,27,28);/q;+1/p-1/t13?,14?,17-;/m1./s1. The van der Waals surface area contributed by atoms with Crippen LogP contribution in [0, 0.1) is 12.7 Å². The second-order valence-corrected chi connectivity index (χ2v) is 9.77. The van der Waals surface area contributed by atoms with Crippen molar-refractivity contribution in [3.05, 3.63) is 40.4 Å². The van der Waals surface area contributed by atoms with E-state index in [1.165, 1.54) is 41.8 Å². The van der Waals surface area contributed by atoms with Crippen molar-refractivity contribution in [2.45, 2.75) is 43.0 Å². The molecular formula is C19H16ClFN3NaO5S. The number of halogens is 2. The summed E-state index contributed by atoms with van der Waals surface area (Å²) in [5, 5.41) is 17.4. The minimum absolute atomic E-state index is 0. The van der Waals surface area contributed by atoms with Gasteiger partial charge in [-0.1, -0.05) is 22.8 Å². The first-order valence-electron chi connectivity index (χ1n) is 8.97. The number of hydrogen-bond donors (Lipinski definition) is 1. The molecule has 158 valence electrons. The molecule has 2 aromatic rings. The van der Waals surface area contributed by atoms with Gasteiger partial charge in [-0.3, -0.25) is 9.59 Å². The van der Waals surface area contributed by atoms with Crippen molar-refractivity contribution in [1.82, 2.24) is 15.4 Å². The number of nitrogens with zero attached hydrogens (tertiary/aromatic N) is 2. The normalized spacial score (nSPS) is 23.6. The number of fused-ring (bicyclic) bond motifs is 1. The molecule has 4 rings (SSSR count). The summed E-state index contributed by atoms with van der Waals surface area (Å²) in [5.41, 5.74) is -0.216. The molecule has 8 nitrogen and oxygen atoms in total. The largest absolute Gasteiger partial charge is 1.00 e. The smallest absolute Gasteiger partial charge is 0.548 e. The first-order chi connectivity index (χ1) is 14.0. The zero-order chi connectivity index (χ0) is 22.0. The number of rotatable bonds is 4. The average Bonchev–Trinajstić information content (AvgIpc) is 3.14. The predicted octanol–water partition coefficient (Wildman–Crippen LogP) is -1.64. The van der Waals surface area contributed by atoms with Crippen LogP contribution in [0.25, 0.3) is 11.3 Å². The van der Waals surface area contributed by atoms with Crippen molar-refractivity contribution in [2.24, 2.45) is 0 Å². The second-order valence-electron chi connectivity index (χ2n) is 7.59. The van der Waals surface area contributed by atoms with Crippen molar-refractivity contribution < 1.29 is 58.0 Å². The number of carbonyl (C=O) groups excluding carboxylic acids is 3. The van der Waals surface area contributed by atoms with Crippen LogP contribution in [-0.2, 0) is 9.59 Å². The average molecular weight is 476 g/mol. The third-order valence-electron chi connectivity index (χ3n) is 5.24. The van der Waals surface area contributed by atoms with Gasteiger partial charge in [-0.25, -0.2) is 4.39 Å². The van der Waals surface area contributed by atoms with E-state index in [9.17, 15) is 23.9 Å². The van der Waals surface area contributed by atoms with Gasteiger partial charge in [0.05, 0.1) is 22.6 Å². The number of aryl methyl sites for hydroxylation is 1. The number of nitrogens with one attached hydrogen (secondary N) is 1. The van der Waals surface area contributed by atoms with E-state index in [1.807, 2.05) is 0 Å². The summed E-state index contributed by atoms with van der Waals surface area (Å²) in [4.78, 5) is 38.3. The molecule has 2 saturated heterocycles. The van der Waals surface area contributed by atoms with E-state index in [4.69, 9.17) is 16.1 Å². The van der Waals surface area contributed by atoms with Gasteiger partial charge in [-0.05, 0) is 32.9 Å². The first-order valence-corrected chi connectivity index (χ1v) is 10.2. The molecular weight excluding hydrogens is 460 g/mol. The molecule has 0 spiro atoms. The number of hydrogen-bond acceptors (Lipinski definition) is 7. The predicted molar refractivity (Wildman–Crippen MR) is 104 cm³/mol. The topological polar surface area (TPSA) is 116 Å². The van der Waals surface area contributed by atoms with Gasteiger partial charge in [0.15, 0.2) is 0 Å². The van der Waals surface area contributed by atoms with E-state index >= 15 is 0 Å². The monoisotopic (exact) mass is 475 g/mol. The minimum atomic E-state index is -1.35. The van der Waals surface area contributed by atoms with E-state index < -0.39 is 45.8 Å². The molecule has 0 aliphatic carbocycles. The van der Waals surface area contributed by atoms with Crippen LogP contribution >= 0.6 is 23.4 Å².